The first kappa shape index (κ1) is 27.9. The van der Waals surface area contributed by atoms with Crippen LogP contribution in [-0.4, -0.2) is 18.7 Å². The van der Waals surface area contributed by atoms with Crippen molar-refractivity contribution in [2.75, 3.05) is 7.11 Å². The molecule has 0 aliphatic heterocycles. The monoisotopic (exact) mass is 568 g/mol. The molecule has 43 heavy (non-hydrogen) atoms. The van der Waals surface area contributed by atoms with Crippen LogP contribution in [0.4, 0.5) is 4.39 Å². The first-order chi connectivity index (χ1) is 20.9. The second-order valence-electron chi connectivity index (χ2n) is 10.6. The topological polar surface area (TPSA) is 52.6 Å². The molecule has 212 valence electrons. The zero-order valence-electron chi connectivity index (χ0n) is 23.7. The van der Waals surface area contributed by atoms with E-state index in [2.05, 4.69) is 12.1 Å². The van der Waals surface area contributed by atoms with Crippen LogP contribution >= 0.6 is 0 Å². The van der Waals surface area contributed by atoms with Crippen LogP contribution < -0.4 is 9.47 Å². The maximum atomic E-state index is 13.3. The van der Waals surface area contributed by atoms with Gasteiger partial charge in [-0.15, -0.1) is 0 Å². The predicted molar refractivity (Wildman–Crippen MR) is 168 cm³/mol. The SMILES string of the molecule is COc1cc(OCc2ccc3ccc(CC(=O)c4ccc(F)cc4)cc3c2)cc(C(=O)Cc2ccc3ccccc3c2)c1. The highest BCUT2D eigenvalue weighted by Crippen LogP contribution is 2.26. The molecule has 0 atom stereocenters. The number of rotatable bonds is 10. The van der Waals surface area contributed by atoms with Crippen molar-refractivity contribution < 1.29 is 23.5 Å². The normalized spacial score (nSPS) is 11.0. The molecule has 0 unspecified atom stereocenters. The standard InChI is InChI=1S/C38H29FO4/c1-42-35-21-33(38(41)20-25-6-9-28-4-2-3-5-31(28)16-25)22-36(23-35)43-24-27-8-11-29-10-7-26(17-32(29)18-27)19-37(40)30-12-14-34(39)15-13-30/h2-18,21-23H,19-20,24H2,1H3. The molecule has 6 aromatic rings. The van der Waals surface area contributed by atoms with Gasteiger partial charge in [-0.1, -0.05) is 72.8 Å². The third kappa shape index (κ3) is 6.62. The highest BCUT2D eigenvalue weighted by molar-refractivity contribution is 5.99. The van der Waals surface area contributed by atoms with Gasteiger partial charge in [0.05, 0.1) is 7.11 Å². The number of benzene rings is 6. The average molecular weight is 569 g/mol. The molecule has 0 aromatic heterocycles. The molecule has 0 heterocycles. The van der Waals surface area contributed by atoms with Crippen LogP contribution in [0.5, 0.6) is 11.5 Å². The van der Waals surface area contributed by atoms with E-state index >= 15 is 0 Å². The Bertz CT molecular complexity index is 1960. The van der Waals surface area contributed by atoms with Crippen LogP contribution in [0.1, 0.15) is 37.4 Å². The van der Waals surface area contributed by atoms with E-state index in [1.807, 2.05) is 66.7 Å². The van der Waals surface area contributed by atoms with Crippen molar-refractivity contribution in [3.8, 4) is 11.5 Å². The van der Waals surface area contributed by atoms with Crippen molar-refractivity contribution in [2.24, 2.45) is 0 Å². The Morgan fingerprint density at radius 1 is 0.558 bits per heavy atom. The third-order valence-electron chi connectivity index (χ3n) is 7.52. The Kier molecular flexibility index (Phi) is 7.96. The molecule has 4 nitrogen and oxygen atoms in total. The van der Waals surface area contributed by atoms with Crippen molar-refractivity contribution in [2.45, 2.75) is 19.4 Å². The molecule has 0 aliphatic carbocycles. The lowest BCUT2D eigenvalue weighted by Crippen LogP contribution is -2.05. The van der Waals surface area contributed by atoms with Gasteiger partial charge in [0.15, 0.2) is 11.6 Å². The minimum absolute atomic E-state index is 0.0209. The fraction of sp³-hybridized carbons (Fsp3) is 0.105. The van der Waals surface area contributed by atoms with Crippen molar-refractivity contribution in [3.05, 3.63) is 155 Å². The lowest BCUT2D eigenvalue weighted by atomic mass is 9.99. The number of halogens is 1. The van der Waals surface area contributed by atoms with Gasteiger partial charge in [0.2, 0.25) is 0 Å². The van der Waals surface area contributed by atoms with Crippen molar-refractivity contribution in [3.63, 3.8) is 0 Å². The molecule has 0 radical (unpaired) electrons. The summed E-state index contributed by atoms with van der Waals surface area (Å²) in [6, 6.07) is 37.0. The summed E-state index contributed by atoms with van der Waals surface area (Å²) in [7, 11) is 1.57. The smallest absolute Gasteiger partial charge is 0.167 e. The van der Waals surface area contributed by atoms with E-state index in [0.29, 0.717) is 29.2 Å². The number of fused-ring (bicyclic) bond motifs is 2. The highest BCUT2D eigenvalue weighted by Gasteiger charge is 2.13. The Morgan fingerprint density at radius 3 is 1.81 bits per heavy atom. The van der Waals surface area contributed by atoms with Gasteiger partial charge in [-0.25, -0.2) is 4.39 Å². The van der Waals surface area contributed by atoms with E-state index in [4.69, 9.17) is 9.47 Å². The number of carbonyl (C=O) groups is 2. The van der Waals surface area contributed by atoms with Gasteiger partial charge >= 0.3 is 0 Å². The number of ketones is 2. The molecule has 5 heteroatoms. The molecule has 0 N–H and O–H groups in total. The fourth-order valence-corrected chi connectivity index (χ4v) is 5.21. The Labute approximate surface area is 249 Å². The molecule has 0 aliphatic rings. The summed E-state index contributed by atoms with van der Waals surface area (Å²) in [5.41, 5.74) is 3.78. The first-order valence-corrected chi connectivity index (χ1v) is 14.1. The summed E-state index contributed by atoms with van der Waals surface area (Å²) in [6.07, 6.45) is 0.496. The number of Topliss-reactive ketones (excluding diaryl/α,β-unsaturated/α-hetero) is 2. The van der Waals surface area contributed by atoms with E-state index in [1.165, 1.54) is 24.3 Å². The van der Waals surface area contributed by atoms with Crippen molar-refractivity contribution in [1.82, 2.24) is 0 Å². The van der Waals surface area contributed by atoms with E-state index in [-0.39, 0.29) is 30.2 Å². The average Bonchev–Trinajstić information content (AvgIpc) is 3.03. The van der Waals surface area contributed by atoms with Crippen molar-refractivity contribution >= 4 is 33.1 Å². The summed E-state index contributed by atoms with van der Waals surface area (Å²) in [6.45, 7) is 0.292. The zero-order valence-corrected chi connectivity index (χ0v) is 23.7. The molecular weight excluding hydrogens is 539 g/mol. The second kappa shape index (κ2) is 12.3. The third-order valence-corrected chi connectivity index (χ3v) is 7.52. The Morgan fingerprint density at radius 2 is 1.12 bits per heavy atom. The quantitative estimate of drug-likeness (QED) is 0.155. The first-order valence-electron chi connectivity index (χ1n) is 14.1. The molecular formula is C38H29FO4. The largest absolute Gasteiger partial charge is 0.497 e. The molecule has 0 saturated carbocycles. The molecule has 0 saturated heterocycles. The van der Waals surface area contributed by atoms with Crippen LogP contribution in [0.15, 0.2) is 121 Å². The molecule has 0 spiro atoms. The highest BCUT2D eigenvalue weighted by atomic mass is 19.1. The summed E-state index contributed by atoms with van der Waals surface area (Å²) < 4.78 is 24.8. The summed E-state index contributed by atoms with van der Waals surface area (Å²) >= 11 is 0. The van der Waals surface area contributed by atoms with Gasteiger partial charge in [0.1, 0.15) is 23.9 Å². The molecule has 0 bridgehead atoms. The second-order valence-corrected chi connectivity index (χ2v) is 10.6. The summed E-state index contributed by atoms with van der Waals surface area (Å²) in [4.78, 5) is 25.9. The summed E-state index contributed by atoms with van der Waals surface area (Å²) in [5, 5.41) is 4.27. The maximum absolute atomic E-state index is 13.3. The molecule has 0 amide bonds. The Balaban J connectivity index is 1.16. The number of hydrogen-bond donors (Lipinski definition) is 0. The molecule has 0 fully saturated rings. The van der Waals surface area contributed by atoms with Gasteiger partial charge in [0, 0.05) is 30.0 Å². The van der Waals surface area contributed by atoms with E-state index < -0.39 is 0 Å². The van der Waals surface area contributed by atoms with Crippen LogP contribution in [0.25, 0.3) is 21.5 Å². The minimum Gasteiger partial charge on any atom is -0.497 e. The molecule has 6 aromatic carbocycles. The zero-order chi connectivity index (χ0) is 29.8. The van der Waals surface area contributed by atoms with E-state index in [0.717, 1.165) is 38.2 Å². The van der Waals surface area contributed by atoms with E-state index in [1.54, 1.807) is 25.3 Å². The predicted octanol–water partition coefficient (Wildman–Crippen LogP) is 8.57. The maximum Gasteiger partial charge on any atom is 0.167 e. The number of ether oxygens (including phenoxy) is 2. The summed E-state index contributed by atoms with van der Waals surface area (Å²) in [5.74, 6) is 0.637. The van der Waals surface area contributed by atoms with Gasteiger partial charge in [-0.3, -0.25) is 9.59 Å². The lowest BCUT2D eigenvalue weighted by Gasteiger charge is -2.12. The lowest BCUT2D eigenvalue weighted by molar-refractivity contribution is 0.0984. The van der Waals surface area contributed by atoms with E-state index in [9.17, 15) is 14.0 Å². The number of carbonyl (C=O) groups excluding carboxylic acids is 2. The van der Waals surface area contributed by atoms with Crippen LogP contribution in [0.3, 0.4) is 0 Å². The van der Waals surface area contributed by atoms with Gasteiger partial charge in [0.25, 0.3) is 0 Å². The minimum atomic E-state index is -0.366. The number of methoxy groups -OCH3 is 1. The van der Waals surface area contributed by atoms with Gasteiger partial charge in [-0.05, 0) is 80.7 Å². The molecule has 6 rings (SSSR count). The van der Waals surface area contributed by atoms with Gasteiger partial charge < -0.3 is 9.47 Å². The van der Waals surface area contributed by atoms with Crippen LogP contribution in [-0.2, 0) is 19.4 Å². The fourth-order valence-electron chi connectivity index (χ4n) is 5.21. The van der Waals surface area contributed by atoms with Crippen LogP contribution in [0.2, 0.25) is 0 Å². The number of hydrogen-bond acceptors (Lipinski definition) is 4. The van der Waals surface area contributed by atoms with Crippen molar-refractivity contribution in [1.29, 1.82) is 0 Å². The van der Waals surface area contributed by atoms with Crippen LogP contribution in [0, 0.1) is 5.82 Å². The Hall–Kier alpha value is -5.29. The van der Waals surface area contributed by atoms with Gasteiger partial charge in [-0.2, -0.15) is 0 Å².